The lowest BCUT2D eigenvalue weighted by Gasteiger charge is -1.72. The molecule has 8 heavy (non-hydrogen) atoms. The van der Waals surface area contributed by atoms with Gasteiger partial charge in [0.15, 0.2) is 0 Å². The van der Waals surface area contributed by atoms with Crippen LogP contribution >= 0.6 is 43.7 Å². The van der Waals surface area contributed by atoms with Crippen LogP contribution in [-0.2, 0) is 0 Å². The lowest BCUT2D eigenvalue weighted by Crippen LogP contribution is -1.43. The Balaban J connectivity index is 3.00. The van der Waals surface area contributed by atoms with E-state index in [0.717, 1.165) is 4.34 Å². The molecular weight excluding hydrogens is 254 g/mol. The van der Waals surface area contributed by atoms with Gasteiger partial charge in [0.25, 0.3) is 0 Å². The van der Waals surface area contributed by atoms with Crippen molar-refractivity contribution in [2.75, 3.05) is 0 Å². The number of halogens is 2. The van der Waals surface area contributed by atoms with Crippen LogP contribution in [0.5, 0.6) is 0 Å². The van der Waals surface area contributed by atoms with Crippen molar-refractivity contribution in [3.8, 4) is 0 Å². The van der Waals surface area contributed by atoms with Crippen molar-refractivity contribution in [3.05, 3.63) is 19.4 Å². The molecule has 0 atom stereocenters. The van der Waals surface area contributed by atoms with Crippen molar-refractivity contribution >= 4 is 48.2 Å². The average Bonchev–Trinajstić information content (AvgIpc) is 2.14. The fraction of sp³-hybridized carbons (Fsp3) is 0. The molecule has 0 nitrogen and oxygen atoms in total. The maximum absolute atomic E-state index is 5.65. The summed E-state index contributed by atoms with van der Waals surface area (Å²) in [5.74, 6) is 0. The van der Waals surface area contributed by atoms with E-state index in [1.165, 1.54) is 2.88 Å². The smallest absolute Gasteiger partial charge is 0.0939 e. The molecule has 1 heterocycles. The second kappa shape index (κ2) is 2.94. The first kappa shape index (κ1) is 6.71. The summed E-state index contributed by atoms with van der Waals surface area (Å²) >= 11 is 7.30. The highest BCUT2D eigenvalue weighted by Gasteiger charge is 1.89. The number of rotatable bonds is 1. The molecule has 0 unspecified atom stereocenters. The molecule has 44 valence electrons. The van der Waals surface area contributed by atoms with Gasteiger partial charge in [-0.3, -0.25) is 0 Å². The first-order chi connectivity index (χ1) is 3.83. The van der Waals surface area contributed by atoms with Crippen LogP contribution in [0.25, 0.3) is 0 Å². The van der Waals surface area contributed by atoms with E-state index < -0.39 is 0 Å². The van der Waals surface area contributed by atoms with Crippen LogP contribution < -0.4 is 0 Å². The maximum atomic E-state index is 5.65. The molecule has 1 aromatic rings. The van der Waals surface area contributed by atoms with Crippen molar-refractivity contribution in [1.29, 1.82) is 0 Å². The van der Waals surface area contributed by atoms with Gasteiger partial charge in [0.05, 0.1) is 7.22 Å². The molecule has 1 rings (SSSR count). The highest BCUT2D eigenvalue weighted by molar-refractivity contribution is 14.2. The SMILES string of the molecule is C=Ic1ccc(Cl)s1. The molecule has 0 aliphatic rings. The largest absolute Gasteiger partial charge is 0.118 e. The molecular formula is C5H4ClIS. The third kappa shape index (κ3) is 1.53. The molecule has 0 saturated heterocycles. The molecule has 1 aromatic heterocycles. The van der Waals surface area contributed by atoms with Crippen molar-refractivity contribution in [2.24, 2.45) is 0 Å². The zero-order valence-corrected chi connectivity index (χ0v) is 7.76. The number of hydrogen-bond acceptors (Lipinski definition) is 1. The first-order valence-electron chi connectivity index (χ1n) is 1.96. The Labute approximate surface area is 67.2 Å². The summed E-state index contributed by atoms with van der Waals surface area (Å²) in [7, 11) is 0. The molecule has 0 spiro atoms. The Morgan fingerprint density at radius 1 is 1.62 bits per heavy atom. The summed E-state index contributed by atoms with van der Waals surface area (Å²) < 4.78 is 6.06. The maximum Gasteiger partial charge on any atom is 0.0939 e. The number of hydrogen-bond donors (Lipinski definition) is 0. The second-order valence-corrected chi connectivity index (χ2v) is 5.55. The highest BCUT2D eigenvalue weighted by Crippen LogP contribution is 2.24. The van der Waals surface area contributed by atoms with Gasteiger partial charge in [0.1, 0.15) is 0 Å². The minimum absolute atomic E-state index is 0.0143. The van der Waals surface area contributed by atoms with E-state index in [-0.39, 0.29) is 20.7 Å². The minimum atomic E-state index is 0.0143. The lowest BCUT2D eigenvalue weighted by molar-refractivity contribution is 1.96. The minimum Gasteiger partial charge on any atom is -0.118 e. The molecule has 0 aromatic carbocycles. The van der Waals surface area contributed by atoms with E-state index >= 15 is 0 Å². The standard InChI is InChI=1S/C5H4ClIS/c1-7-5-3-2-4(6)8-5/h2-3H,1H2. The van der Waals surface area contributed by atoms with Crippen LogP contribution in [0, 0.1) is 2.88 Å². The molecule has 3 heteroatoms. The Morgan fingerprint density at radius 2 is 2.38 bits per heavy atom. The van der Waals surface area contributed by atoms with E-state index in [2.05, 4.69) is 4.51 Å². The zero-order valence-electron chi connectivity index (χ0n) is 4.03. The predicted molar refractivity (Wildman–Crippen MR) is 49.2 cm³/mol. The fourth-order valence-electron chi connectivity index (χ4n) is 0.364. The molecule has 0 fully saturated rings. The Morgan fingerprint density at radius 3 is 2.62 bits per heavy atom. The lowest BCUT2D eigenvalue weighted by atomic mass is 10.7. The molecule has 0 N–H and O–H groups in total. The van der Waals surface area contributed by atoms with Crippen LogP contribution in [0.4, 0.5) is 0 Å². The quantitative estimate of drug-likeness (QED) is 0.680. The monoisotopic (exact) mass is 258 g/mol. The Kier molecular flexibility index (Phi) is 2.46. The van der Waals surface area contributed by atoms with E-state index in [0.29, 0.717) is 0 Å². The first-order valence-corrected chi connectivity index (χ1v) is 5.76. The third-order valence-corrected chi connectivity index (χ3v) is 4.20. The van der Waals surface area contributed by atoms with Crippen LogP contribution in [0.1, 0.15) is 0 Å². The average molecular weight is 259 g/mol. The van der Waals surface area contributed by atoms with Gasteiger partial charge >= 0.3 is 0 Å². The summed E-state index contributed by atoms with van der Waals surface area (Å²) in [5, 5.41) is 0. The van der Waals surface area contributed by atoms with Crippen LogP contribution in [0.15, 0.2) is 12.1 Å². The second-order valence-electron chi connectivity index (χ2n) is 1.18. The van der Waals surface area contributed by atoms with Crippen molar-refractivity contribution < 1.29 is 0 Å². The Bertz CT molecular complexity index is 194. The summed E-state index contributed by atoms with van der Waals surface area (Å²) in [5.41, 5.74) is 0. The van der Waals surface area contributed by atoms with Crippen LogP contribution in [-0.4, -0.2) is 4.51 Å². The molecule has 0 aliphatic heterocycles. The van der Waals surface area contributed by atoms with E-state index in [1.807, 2.05) is 12.1 Å². The molecule has 0 aliphatic carbocycles. The van der Waals surface area contributed by atoms with Gasteiger partial charge in [-0.25, -0.2) is 0 Å². The van der Waals surface area contributed by atoms with Crippen molar-refractivity contribution in [2.45, 2.75) is 0 Å². The summed E-state index contributed by atoms with van der Waals surface area (Å²) in [4.78, 5) is 0. The fourth-order valence-corrected chi connectivity index (χ4v) is 3.19. The van der Waals surface area contributed by atoms with E-state index in [4.69, 9.17) is 11.6 Å². The number of thiophene rings is 1. The molecule has 0 bridgehead atoms. The van der Waals surface area contributed by atoms with Gasteiger partial charge in [0, 0.05) is 0 Å². The van der Waals surface area contributed by atoms with Gasteiger partial charge in [-0.1, -0.05) is 36.8 Å². The molecule has 0 saturated carbocycles. The van der Waals surface area contributed by atoms with E-state index in [9.17, 15) is 0 Å². The zero-order chi connectivity index (χ0) is 5.98. The Hall–Kier alpha value is 0.590. The highest BCUT2D eigenvalue weighted by atomic mass is 127. The summed E-state index contributed by atoms with van der Waals surface area (Å²) in [6.07, 6.45) is 0. The normalized spacial score (nSPS) is 9.62. The molecule has 0 amide bonds. The summed E-state index contributed by atoms with van der Waals surface area (Å²) in [6, 6.07) is 3.97. The van der Waals surface area contributed by atoms with Crippen LogP contribution in [0.3, 0.4) is 0 Å². The van der Waals surface area contributed by atoms with Gasteiger partial charge in [0.2, 0.25) is 0 Å². The van der Waals surface area contributed by atoms with Crippen molar-refractivity contribution in [1.82, 2.24) is 0 Å². The topological polar surface area (TPSA) is 0 Å². The van der Waals surface area contributed by atoms with Gasteiger partial charge < -0.3 is 0 Å². The van der Waals surface area contributed by atoms with E-state index in [1.54, 1.807) is 11.3 Å². The van der Waals surface area contributed by atoms with Gasteiger partial charge in [-0.05, 0) is 12.1 Å². The van der Waals surface area contributed by atoms with Gasteiger partial charge in [-0.15, -0.1) is 11.3 Å². The molecule has 0 radical (unpaired) electrons. The van der Waals surface area contributed by atoms with Gasteiger partial charge in [-0.2, -0.15) is 0 Å². The van der Waals surface area contributed by atoms with Crippen LogP contribution in [0.2, 0.25) is 4.34 Å². The third-order valence-electron chi connectivity index (χ3n) is 0.672. The van der Waals surface area contributed by atoms with Crippen molar-refractivity contribution in [3.63, 3.8) is 0 Å². The summed E-state index contributed by atoms with van der Waals surface area (Å²) in [6.45, 7) is 0. The predicted octanol–water partition coefficient (Wildman–Crippen LogP) is 2.97.